The summed E-state index contributed by atoms with van der Waals surface area (Å²) in [6.45, 7) is 0. The first-order chi connectivity index (χ1) is 11.9. The molecule has 25 heavy (non-hydrogen) atoms. The third-order valence-electron chi connectivity index (χ3n) is 6.35. The minimum Gasteiger partial charge on any atom is -0.208 e. The first-order valence-electron chi connectivity index (χ1n) is 9.00. The zero-order chi connectivity index (χ0) is 17.4. The van der Waals surface area contributed by atoms with Crippen LogP contribution in [-0.4, -0.2) is 28.9 Å². The van der Waals surface area contributed by atoms with E-state index in [9.17, 15) is 16.8 Å². The molecule has 4 atom stereocenters. The molecule has 0 radical (unpaired) electrons. The Labute approximate surface area is 148 Å². The van der Waals surface area contributed by atoms with Crippen LogP contribution < -0.4 is 9.44 Å². The lowest BCUT2D eigenvalue weighted by Gasteiger charge is -2.12. The average molecular weight is 383 g/mol. The van der Waals surface area contributed by atoms with Crippen molar-refractivity contribution in [3.8, 4) is 0 Å². The van der Waals surface area contributed by atoms with Crippen LogP contribution in [0.4, 0.5) is 0 Å². The number of rotatable bonds is 6. The molecule has 4 fully saturated rings. The monoisotopic (exact) mass is 382 g/mol. The van der Waals surface area contributed by atoms with Crippen LogP contribution in [0, 0.1) is 23.7 Å². The summed E-state index contributed by atoms with van der Waals surface area (Å²) in [7, 11) is -7.35. The third-order valence-corrected chi connectivity index (χ3v) is 9.33. The Bertz CT molecular complexity index is 908. The van der Waals surface area contributed by atoms with Crippen molar-refractivity contribution in [2.75, 3.05) is 0 Å². The Hall–Kier alpha value is -0.960. The minimum atomic E-state index is -3.70. The smallest absolute Gasteiger partial charge is 0.208 e. The molecule has 5 rings (SSSR count). The number of sulfonamides is 2. The first kappa shape index (κ1) is 16.2. The second kappa shape index (κ2) is 5.28. The van der Waals surface area contributed by atoms with Crippen LogP contribution in [0.2, 0.25) is 0 Å². The van der Waals surface area contributed by atoms with Gasteiger partial charge in [-0.2, -0.15) is 0 Å². The number of hydrogen-bond acceptors (Lipinski definition) is 4. The van der Waals surface area contributed by atoms with E-state index in [2.05, 4.69) is 9.44 Å². The number of fused-ring (bicyclic) bond motifs is 5. The van der Waals surface area contributed by atoms with Crippen LogP contribution in [0.15, 0.2) is 34.1 Å². The molecule has 136 valence electrons. The topological polar surface area (TPSA) is 92.3 Å². The number of benzene rings is 1. The summed E-state index contributed by atoms with van der Waals surface area (Å²) < 4.78 is 55.5. The zero-order valence-electron chi connectivity index (χ0n) is 13.8. The van der Waals surface area contributed by atoms with Gasteiger partial charge >= 0.3 is 0 Å². The molecule has 4 unspecified atom stereocenters. The summed E-state index contributed by atoms with van der Waals surface area (Å²) in [6.07, 6.45) is 5.39. The molecule has 8 heteroatoms. The van der Waals surface area contributed by atoms with Crippen LogP contribution in [0.5, 0.6) is 0 Å². The van der Waals surface area contributed by atoms with E-state index in [4.69, 9.17) is 0 Å². The molecule has 4 aliphatic carbocycles. The molecule has 1 aromatic carbocycles. The molecule has 2 bridgehead atoms. The number of hydrogen-bond donors (Lipinski definition) is 2. The molecule has 0 spiro atoms. The van der Waals surface area contributed by atoms with Crippen molar-refractivity contribution >= 4 is 20.0 Å². The minimum absolute atomic E-state index is 0.00953. The second-order valence-electron chi connectivity index (χ2n) is 8.01. The van der Waals surface area contributed by atoms with E-state index in [-0.39, 0.29) is 21.9 Å². The summed E-state index contributed by atoms with van der Waals surface area (Å²) in [6, 6.07) is 5.69. The third kappa shape index (κ3) is 2.74. The van der Waals surface area contributed by atoms with Gasteiger partial charge < -0.3 is 0 Å². The molecule has 4 saturated carbocycles. The Morgan fingerprint density at radius 1 is 0.800 bits per heavy atom. The standard InChI is InChI=1S/C17H22N2O4S2/c20-24(21,18-12-6-7-12)13-2-1-3-14(9-13)25(22,23)19-17-15-10-4-5-11(8-10)16(15)17/h1-3,9-12,15-19H,4-8H2. The SMILES string of the molecule is O=S(=O)(NC1CC1)c1cccc(S(=O)(=O)NC2C3C4CCC(C4)C23)c1. The number of nitrogens with one attached hydrogen (secondary N) is 2. The predicted octanol–water partition coefficient (Wildman–Crippen LogP) is 1.45. The first-order valence-corrected chi connectivity index (χ1v) is 12.0. The van der Waals surface area contributed by atoms with Gasteiger partial charge in [-0.15, -0.1) is 0 Å². The Balaban J connectivity index is 1.36. The van der Waals surface area contributed by atoms with E-state index in [0.717, 1.165) is 12.8 Å². The van der Waals surface area contributed by atoms with Gasteiger partial charge in [-0.25, -0.2) is 26.3 Å². The van der Waals surface area contributed by atoms with Gasteiger partial charge in [0.2, 0.25) is 20.0 Å². The van der Waals surface area contributed by atoms with E-state index >= 15 is 0 Å². The summed E-state index contributed by atoms with van der Waals surface area (Å²) in [5.41, 5.74) is 0. The summed E-state index contributed by atoms with van der Waals surface area (Å²) in [5, 5.41) is 0. The highest BCUT2D eigenvalue weighted by molar-refractivity contribution is 7.90. The fourth-order valence-corrected chi connectivity index (χ4v) is 7.80. The molecule has 0 amide bonds. The lowest BCUT2D eigenvalue weighted by atomic mass is 10.0. The molecule has 4 aliphatic rings. The summed E-state index contributed by atoms with van der Waals surface area (Å²) >= 11 is 0. The molecule has 1 aromatic rings. The van der Waals surface area contributed by atoms with Crippen molar-refractivity contribution < 1.29 is 16.8 Å². The highest BCUT2D eigenvalue weighted by atomic mass is 32.2. The highest BCUT2D eigenvalue weighted by Gasteiger charge is 2.65. The summed E-state index contributed by atoms with van der Waals surface area (Å²) in [5.74, 6) is 2.35. The van der Waals surface area contributed by atoms with E-state index < -0.39 is 20.0 Å². The molecule has 0 saturated heterocycles. The van der Waals surface area contributed by atoms with Crippen molar-refractivity contribution in [3.63, 3.8) is 0 Å². The maximum atomic E-state index is 12.7. The lowest BCUT2D eigenvalue weighted by molar-refractivity contribution is 0.456. The molecule has 0 heterocycles. The summed E-state index contributed by atoms with van der Waals surface area (Å²) in [4.78, 5) is 0.0434. The van der Waals surface area contributed by atoms with Gasteiger partial charge in [0, 0.05) is 12.1 Å². The van der Waals surface area contributed by atoms with E-state index in [1.54, 1.807) is 0 Å². The maximum Gasteiger partial charge on any atom is 0.240 e. The molecule has 2 N–H and O–H groups in total. The Kier molecular flexibility index (Phi) is 3.43. The van der Waals surface area contributed by atoms with Crippen LogP contribution >= 0.6 is 0 Å². The van der Waals surface area contributed by atoms with Gasteiger partial charge in [-0.1, -0.05) is 6.07 Å². The highest BCUT2D eigenvalue weighted by Crippen LogP contribution is 2.65. The van der Waals surface area contributed by atoms with Crippen LogP contribution in [0.3, 0.4) is 0 Å². The van der Waals surface area contributed by atoms with Crippen LogP contribution in [0.1, 0.15) is 32.1 Å². The van der Waals surface area contributed by atoms with Gasteiger partial charge in [0.15, 0.2) is 0 Å². The maximum absolute atomic E-state index is 12.7. The lowest BCUT2D eigenvalue weighted by Crippen LogP contribution is -2.30. The fourth-order valence-electron chi connectivity index (χ4n) is 5.03. The normalized spacial score (nSPS) is 36.4. The van der Waals surface area contributed by atoms with Gasteiger partial charge in [0.25, 0.3) is 0 Å². The Morgan fingerprint density at radius 2 is 1.36 bits per heavy atom. The van der Waals surface area contributed by atoms with Crippen molar-refractivity contribution in [2.45, 2.75) is 54.0 Å². The van der Waals surface area contributed by atoms with Crippen molar-refractivity contribution in [3.05, 3.63) is 24.3 Å². The zero-order valence-corrected chi connectivity index (χ0v) is 15.4. The predicted molar refractivity (Wildman–Crippen MR) is 91.7 cm³/mol. The van der Waals surface area contributed by atoms with Gasteiger partial charge in [-0.05, 0) is 74.0 Å². The molecular weight excluding hydrogens is 360 g/mol. The van der Waals surface area contributed by atoms with Crippen LogP contribution in [-0.2, 0) is 20.0 Å². The van der Waals surface area contributed by atoms with Gasteiger partial charge in [0.05, 0.1) is 9.79 Å². The fraction of sp³-hybridized carbons (Fsp3) is 0.647. The molecule has 6 nitrogen and oxygen atoms in total. The van der Waals surface area contributed by atoms with E-state index in [1.807, 2.05) is 0 Å². The van der Waals surface area contributed by atoms with Gasteiger partial charge in [0.1, 0.15) is 0 Å². The van der Waals surface area contributed by atoms with Gasteiger partial charge in [-0.3, -0.25) is 0 Å². The van der Waals surface area contributed by atoms with Crippen molar-refractivity contribution in [2.24, 2.45) is 23.7 Å². The largest absolute Gasteiger partial charge is 0.240 e. The van der Waals surface area contributed by atoms with E-state index in [1.165, 1.54) is 43.5 Å². The average Bonchev–Trinajstić information content (AvgIpc) is 3.43. The van der Waals surface area contributed by atoms with E-state index in [0.29, 0.717) is 23.7 Å². The van der Waals surface area contributed by atoms with Crippen molar-refractivity contribution in [1.82, 2.24) is 9.44 Å². The Morgan fingerprint density at radius 3 is 1.92 bits per heavy atom. The molecule has 0 aromatic heterocycles. The quantitative estimate of drug-likeness (QED) is 0.779. The molecular formula is C17H22N2O4S2. The molecule has 0 aliphatic heterocycles. The van der Waals surface area contributed by atoms with Crippen molar-refractivity contribution in [1.29, 1.82) is 0 Å². The van der Waals surface area contributed by atoms with Crippen LogP contribution in [0.25, 0.3) is 0 Å². The second-order valence-corrected chi connectivity index (χ2v) is 11.4.